The van der Waals surface area contributed by atoms with E-state index in [0.717, 1.165) is 25.0 Å². The van der Waals surface area contributed by atoms with E-state index in [1.54, 1.807) is 13.2 Å². The van der Waals surface area contributed by atoms with Crippen molar-refractivity contribution in [3.63, 3.8) is 0 Å². The van der Waals surface area contributed by atoms with Gasteiger partial charge in [-0.2, -0.15) is 0 Å². The van der Waals surface area contributed by atoms with E-state index in [1.807, 2.05) is 12.1 Å². The Labute approximate surface area is 102 Å². The molecule has 17 heavy (non-hydrogen) atoms. The number of nitrogen functional groups attached to an aromatic ring is 1. The monoisotopic (exact) mass is 236 g/mol. The number of hydrogen-bond donors (Lipinski definition) is 2. The van der Waals surface area contributed by atoms with Crippen molar-refractivity contribution in [2.75, 3.05) is 13.7 Å². The smallest absolute Gasteiger partial charge is 0.130 e. The highest BCUT2D eigenvalue weighted by molar-refractivity contribution is 5.97. The molecule has 1 aromatic rings. The molecule has 4 heteroatoms. The number of methoxy groups -OCH3 is 1. The average Bonchev–Trinajstić information content (AvgIpc) is 2.34. The third-order valence-electron chi connectivity index (χ3n) is 2.47. The number of ether oxygens (including phenoxy) is 2. The van der Waals surface area contributed by atoms with Gasteiger partial charge >= 0.3 is 0 Å². The van der Waals surface area contributed by atoms with Gasteiger partial charge in [-0.25, -0.2) is 0 Å². The number of hydrogen-bond acceptors (Lipinski definition) is 3. The van der Waals surface area contributed by atoms with E-state index in [-0.39, 0.29) is 5.84 Å². The van der Waals surface area contributed by atoms with Crippen molar-refractivity contribution in [3.8, 4) is 5.75 Å². The van der Waals surface area contributed by atoms with Crippen LogP contribution in [-0.4, -0.2) is 19.6 Å². The van der Waals surface area contributed by atoms with Crippen LogP contribution in [0.2, 0.25) is 0 Å². The van der Waals surface area contributed by atoms with Crippen LogP contribution in [0.15, 0.2) is 18.2 Å². The second-order valence-corrected chi connectivity index (χ2v) is 3.85. The molecule has 1 aromatic carbocycles. The van der Waals surface area contributed by atoms with Crippen LogP contribution >= 0.6 is 0 Å². The lowest BCUT2D eigenvalue weighted by Gasteiger charge is -2.10. The van der Waals surface area contributed by atoms with Crippen LogP contribution in [0.1, 0.15) is 30.9 Å². The summed E-state index contributed by atoms with van der Waals surface area (Å²) in [5.74, 6) is 0.634. The molecule has 0 bridgehead atoms. The molecule has 1 rings (SSSR count). The number of amidine groups is 1. The van der Waals surface area contributed by atoms with Crippen molar-refractivity contribution in [2.45, 2.75) is 26.4 Å². The minimum absolute atomic E-state index is 0.0142. The maximum atomic E-state index is 7.41. The molecule has 0 aliphatic carbocycles. The predicted molar refractivity (Wildman–Crippen MR) is 68.6 cm³/mol. The Morgan fingerprint density at radius 3 is 2.76 bits per heavy atom. The zero-order valence-electron chi connectivity index (χ0n) is 10.5. The van der Waals surface area contributed by atoms with Gasteiger partial charge in [0.15, 0.2) is 0 Å². The average molecular weight is 236 g/mol. The number of unbranched alkanes of at least 4 members (excludes halogenated alkanes) is 1. The van der Waals surface area contributed by atoms with Gasteiger partial charge in [0.1, 0.15) is 11.6 Å². The highest BCUT2D eigenvalue weighted by atomic mass is 16.5. The quantitative estimate of drug-likeness (QED) is 0.433. The normalized spacial score (nSPS) is 10.2. The molecule has 0 saturated heterocycles. The molecule has 0 aliphatic rings. The fraction of sp³-hybridized carbons (Fsp3) is 0.462. The minimum Gasteiger partial charge on any atom is -0.496 e. The molecular formula is C13H20N2O2. The third kappa shape index (κ3) is 4.07. The first-order chi connectivity index (χ1) is 8.19. The molecule has 0 unspecified atom stereocenters. The number of rotatable bonds is 7. The van der Waals surface area contributed by atoms with Crippen LogP contribution in [0.5, 0.6) is 5.75 Å². The molecule has 0 spiro atoms. The Kier molecular flexibility index (Phi) is 5.49. The first-order valence-electron chi connectivity index (χ1n) is 5.78. The zero-order valence-corrected chi connectivity index (χ0v) is 10.5. The van der Waals surface area contributed by atoms with Gasteiger partial charge in [-0.05, 0) is 24.1 Å². The summed E-state index contributed by atoms with van der Waals surface area (Å²) < 4.78 is 10.7. The summed E-state index contributed by atoms with van der Waals surface area (Å²) in [4.78, 5) is 0. The van der Waals surface area contributed by atoms with Crippen LogP contribution in [0.25, 0.3) is 0 Å². The number of benzene rings is 1. The second kappa shape index (κ2) is 6.91. The largest absolute Gasteiger partial charge is 0.496 e. The fourth-order valence-electron chi connectivity index (χ4n) is 1.48. The maximum absolute atomic E-state index is 7.41. The lowest BCUT2D eigenvalue weighted by atomic mass is 10.1. The lowest BCUT2D eigenvalue weighted by molar-refractivity contribution is 0.118. The van der Waals surface area contributed by atoms with Gasteiger partial charge in [-0.3, -0.25) is 5.41 Å². The molecular weight excluding hydrogens is 216 g/mol. The maximum Gasteiger partial charge on any atom is 0.130 e. The van der Waals surface area contributed by atoms with Gasteiger partial charge in [0.05, 0.1) is 19.3 Å². The van der Waals surface area contributed by atoms with Crippen LogP contribution < -0.4 is 10.5 Å². The first-order valence-corrected chi connectivity index (χ1v) is 5.78. The van der Waals surface area contributed by atoms with Crippen LogP contribution in [-0.2, 0) is 11.3 Å². The van der Waals surface area contributed by atoms with E-state index in [9.17, 15) is 0 Å². The third-order valence-corrected chi connectivity index (χ3v) is 2.47. The van der Waals surface area contributed by atoms with Gasteiger partial charge in [0.2, 0.25) is 0 Å². The summed E-state index contributed by atoms with van der Waals surface area (Å²) in [6, 6.07) is 5.56. The van der Waals surface area contributed by atoms with E-state index >= 15 is 0 Å². The lowest BCUT2D eigenvalue weighted by Crippen LogP contribution is -2.12. The van der Waals surface area contributed by atoms with Crippen molar-refractivity contribution in [1.29, 1.82) is 5.41 Å². The van der Waals surface area contributed by atoms with Crippen LogP contribution in [0, 0.1) is 5.41 Å². The zero-order chi connectivity index (χ0) is 12.7. The standard InChI is InChI=1S/C13H20N2O2/c1-3-4-7-17-9-10-5-6-11(13(14)15)12(8-10)16-2/h5-6,8H,3-4,7,9H2,1-2H3,(H3,14,15). The van der Waals surface area contributed by atoms with E-state index in [1.165, 1.54) is 0 Å². The highest BCUT2D eigenvalue weighted by Gasteiger charge is 2.06. The molecule has 0 heterocycles. The summed E-state index contributed by atoms with van der Waals surface area (Å²) in [5, 5.41) is 7.41. The number of nitrogens with two attached hydrogens (primary N) is 1. The van der Waals surface area contributed by atoms with Gasteiger partial charge in [0.25, 0.3) is 0 Å². The highest BCUT2D eigenvalue weighted by Crippen LogP contribution is 2.20. The molecule has 0 atom stereocenters. The van der Waals surface area contributed by atoms with Crippen molar-refractivity contribution < 1.29 is 9.47 Å². The van der Waals surface area contributed by atoms with Crippen LogP contribution in [0.4, 0.5) is 0 Å². The molecule has 4 nitrogen and oxygen atoms in total. The van der Waals surface area contributed by atoms with Crippen molar-refractivity contribution in [1.82, 2.24) is 0 Å². The summed E-state index contributed by atoms with van der Waals surface area (Å²) in [6.45, 7) is 3.47. The summed E-state index contributed by atoms with van der Waals surface area (Å²) in [5.41, 5.74) is 7.10. The number of nitrogens with one attached hydrogen (secondary N) is 1. The SMILES string of the molecule is CCCCOCc1ccc(C(=N)N)c(OC)c1. The van der Waals surface area contributed by atoms with Crippen molar-refractivity contribution in [3.05, 3.63) is 29.3 Å². The van der Waals surface area contributed by atoms with Gasteiger partial charge < -0.3 is 15.2 Å². The Hall–Kier alpha value is -1.55. The molecule has 0 amide bonds. The van der Waals surface area contributed by atoms with Gasteiger partial charge in [-0.15, -0.1) is 0 Å². The molecule has 0 fully saturated rings. The summed E-state index contributed by atoms with van der Waals surface area (Å²) in [7, 11) is 1.57. The predicted octanol–water partition coefficient (Wildman–Crippen LogP) is 2.30. The Balaban J connectivity index is 2.66. The van der Waals surface area contributed by atoms with E-state index in [0.29, 0.717) is 17.9 Å². The molecule has 0 saturated carbocycles. The van der Waals surface area contributed by atoms with Gasteiger partial charge in [-0.1, -0.05) is 19.4 Å². The van der Waals surface area contributed by atoms with Gasteiger partial charge in [0, 0.05) is 6.61 Å². The fourth-order valence-corrected chi connectivity index (χ4v) is 1.48. The van der Waals surface area contributed by atoms with E-state index < -0.39 is 0 Å². The van der Waals surface area contributed by atoms with Crippen molar-refractivity contribution in [2.24, 2.45) is 5.73 Å². The van der Waals surface area contributed by atoms with Crippen molar-refractivity contribution >= 4 is 5.84 Å². The molecule has 94 valence electrons. The second-order valence-electron chi connectivity index (χ2n) is 3.85. The Morgan fingerprint density at radius 1 is 1.41 bits per heavy atom. The molecule has 0 aromatic heterocycles. The molecule has 0 aliphatic heterocycles. The minimum atomic E-state index is 0.0142. The van der Waals surface area contributed by atoms with Crippen LogP contribution in [0.3, 0.4) is 0 Å². The first kappa shape index (κ1) is 13.5. The Morgan fingerprint density at radius 2 is 2.18 bits per heavy atom. The molecule has 0 radical (unpaired) electrons. The summed E-state index contributed by atoms with van der Waals surface area (Å²) >= 11 is 0. The van der Waals surface area contributed by atoms with E-state index in [2.05, 4.69) is 6.92 Å². The molecule has 3 N–H and O–H groups in total. The topological polar surface area (TPSA) is 68.3 Å². The van der Waals surface area contributed by atoms with E-state index in [4.69, 9.17) is 20.6 Å². The Bertz CT molecular complexity index is 378. The summed E-state index contributed by atoms with van der Waals surface area (Å²) in [6.07, 6.45) is 2.20.